The molecule has 0 atom stereocenters. The van der Waals surface area contributed by atoms with E-state index in [1.807, 2.05) is 0 Å². The molecule has 0 N–H and O–H groups in total. The monoisotopic (exact) mass is 262 g/mol. The quantitative estimate of drug-likeness (QED) is 0.336. The third kappa shape index (κ3) is 3.64. The normalized spacial score (nSPS) is 13.7. The van der Waals surface area contributed by atoms with Crippen LogP contribution in [0.25, 0.3) is 0 Å². The van der Waals surface area contributed by atoms with E-state index in [1.165, 1.54) is 0 Å². The summed E-state index contributed by atoms with van der Waals surface area (Å²) < 4.78 is 9.83. The second kappa shape index (κ2) is 5.65. The largest absolute Gasteiger partial charge is 0.490 e. The summed E-state index contributed by atoms with van der Waals surface area (Å²) in [6.45, 7) is 0. The molecule has 0 saturated heterocycles. The van der Waals surface area contributed by atoms with Gasteiger partial charge in [-0.2, -0.15) is 0 Å². The molecule has 0 amide bonds. The maximum Gasteiger partial charge on any atom is 0.374 e. The first-order valence-corrected chi connectivity index (χ1v) is 6.01. The second-order valence-corrected chi connectivity index (χ2v) is 4.36. The Labute approximate surface area is 110 Å². The molecule has 5 nitrogen and oxygen atoms in total. The number of hydrogen-bond donors (Lipinski definition) is 0. The van der Waals surface area contributed by atoms with Gasteiger partial charge in [-0.1, -0.05) is 12.1 Å². The van der Waals surface area contributed by atoms with Crippen LogP contribution in [0.3, 0.4) is 0 Å². The van der Waals surface area contributed by atoms with Gasteiger partial charge < -0.3 is 9.47 Å². The molecule has 5 heteroatoms. The van der Waals surface area contributed by atoms with Gasteiger partial charge in [0, 0.05) is 5.56 Å². The Balaban J connectivity index is 2.01. The molecule has 19 heavy (non-hydrogen) atoms. The lowest BCUT2D eigenvalue weighted by Crippen LogP contribution is -2.19. The van der Waals surface area contributed by atoms with E-state index in [4.69, 9.17) is 4.74 Å². The minimum absolute atomic E-state index is 0.238. The summed E-state index contributed by atoms with van der Waals surface area (Å²) in [7, 11) is 1.11. The Morgan fingerprint density at radius 2 is 2.00 bits per heavy atom. The predicted molar refractivity (Wildman–Crippen MR) is 66.1 cm³/mol. The van der Waals surface area contributed by atoms with Crippen LogP contribution in [0.15, 0.2) is 24.3 Å². The fourth-order valence-corrected chi connectivity index (χ4v) is 1.56. The highest BCUT2D eigenvalue weighted by molar-refractivity contribution is 6.38. The summed E-state index contributed by atoms with van der Waals surface area (Å²) >= 11 is 0. The molecule has 0 spiro atoms. The van der Waals surface area contributed by atoms with Gasteiger partial charge in [0.05, 0.1) is 19.6 Å². The van der Waals surface area contributed by atoms with Crippen LogP contribution in [-0.4, -0.2) is 30.7 Å². The van der Waals surface area contributed by atoms with Crippen LogP contribution in [-0.2, 0) is 14.3 Å². The van der Waals surface area contributed by atoms with Crippen molar-refractivity contribution in [1.29, 1.82) is 0 Å². The Hall–Kier alpha value is -2.17. The van der Waals surface area contributed by atoms with E-state index in [2.05, 4.69) is 4.74 Å². The molecule has 100 valence electrons. The van der Waals surface area contributed by atoms with Crippen molar-refractivity contribution >= 4 is 17.5 Å². The molecule has 1 aliphatic rings. The first-order chi connectivity index (χ1) is 9.10. The molecule has 1 aromatic carbocycles. The number of carbonyl (C=O) groups excluding carboxylic acids is 3. The highest BCUT2D eigenvalue weighted by Gasteiger charge is 2.24. The average Bonchev–Trinajstić information content (AvgIpc) is 3.21. The van der Waals surface area contributed by atoms with Crippen molar-refractivity contribution in [2.75, 3.05) is 7.11 Å². The van der Waals surface area contributed by atoms with Gasteiger partial charge in [-0.05, 0) is 25.0 Å². The number of Topliss-reactive ketones (excluding diaryl/α,β-unsaturated/α-hetero) is 2. The molecule has 1 aliphatic carbocycles. The van der Waals surface area contributed by atoms with Gasteiger partial charge in [0.2, 0.25) is 5.78 Å². The van der Waals surface area contributed by atoms with Crippen LogP contribution in [0.1, 0.15) is 29.6 Å². The van der Waals surface area contributed by atoms with Crippen molar-refractivity contribution in [2.45, 2.75) is 25.4 Å². The fraction of sp³-hybridized carbons (Fsp3) is 0.357. The van der Waals surface area contributed by atoms with E-state index >= 15 is 0 Å². The van der Waals surface area contributed by atoms with Gasteiger partial charge in [0.15, 0.2) is 5.78 Å². The number of carbonyl (C=O) groups is 3. The SMILES string of the molecule is COC(=O)C(=O)CC(=O)c1cccc(OC2CC2)c1. The molecule has 0 radical (unpaired) electrons. The molecule has 1 fully saturated rings. The average molecular weight is 262 g/mol. The zero-order valence-corrected chi connectivity index (χ0v) is 10.5. The molecular weight excluding hydrogens is 248 g/mol. The number of methoxy groups -OCH3 is 1. The first-order valence-electron chi connectivity index (χ1n) is 6.01. The zero-order valence-electron chi connectivity index (χ0n) is 10.5. The molecule has 2 rings (SSSR count). The Kier molecular flexibility index (Phi) is 3.94. The molecule has 0 heterocycles. The summed E-state index contributed by atoms with van der Waals surface area (Å²) in [5.41, 5.74) is 0.357. The lowest BCUT2D eigenvalue weighted by molar-refractivity contribution is -0.151. The van der Waals surface area contributed by atoms with Crippen molar-refractivity contribution in [3.05, 3.63) is 29.8 Å². The third-order valence-electron chi connectivity index (χ3n) is 2.72. The number of ketones is 2. The van der Waals surface area contributed by atoms with Crippen LogP contribution in [0.2, 0.25) is 0 Å². The van der Waals surface area contributed by atoms with Crippen LogP contribution in [0.5, 0.6) is 5.75 Å². The summed E-state index contributed by atoms with van der Waals surface area (Å²) in [6.07, 6.45) is 1.81. The third-order valence-corrected chi connectivity index (χ3v) is 2.72. The minimum atomic E-state index is -1.00. The maximum absolute atomic E-state index is 11.8. The minimum Gasteiger partial charge on any atom is -0.490 e. The number of esters is 1. The second-order valence-electron chi connectivity index (χ2n) is 4.36. The van der Waals surface area contributed by atoms with Gasteiger partial charge in [0.1, 0.15) is 5.75 Å². The smallest absolute Gasteiger partial charge is 0.374 e. The van der Waals surface area contributed by atoms with Gasteiger partial charge in [-0.25, -0.2) is 4.79 Å². The highest BCUT2D eigenvalue weighted by Crippen LogP contribution is 2.27. The zero-order chi connectivity index (χ0) is 13.8. The fourth-order valence-electron chi connectivity index (χ4n) is 1.56. The topological polar surface area (TPSA) is 69.7 Å². The molecule has 0 unspecified atom stereocenters. The number of rotatable bonds is 6. The Morgan fingerprint density at radius 3 is 2.63 bits per heavy atom. The van der Waals surface area contributed by atoms with Gasteiger partial charge in [0.25, 0.3) is 0 Å². The van der Waals surface area contributed by atoms with Crippen molar-refractivity contribution in [1.82, 2.24) is 0 Å². The predicted octanol–water partition coefficient (Wildman–Crippen LogP) is 1.54. The van der Waals surface area contributed by atoms with Crippen LogP contribution in [0, 0.1) is 0 Å². The highest BCUT2D eigenvalue weighted by atomic mass is 16.5. The van der Waals surface area contributed by atoms with Crippen LogP contribution >= 0.6 is 0 Å². The molecule has 0 bridgehead atoms. The van der Waals surface area contributed by atoms with Gasteiger partial charge in [-0.3, -0.25) is 9.59 Å². The summed E-state index contributed by atoms with van der Waals surface area (Å²) in [5.74, 6) is -1.66. The molecule has 0 aromatic heterocycles. The Morgan fingerprint density at radius 1 is 1.26 bits per heavy atom. The van der Waals surface area contributed by atoms with Crippen molar-refractivity contribution < 1.29 is 23.9 Å². The summed E-state index contributed by atoms with van der Waals surface area (Å²) in [4.78, 5) is 34.1. The van der Waals surface area contributed by atoms with E-state index in [-0.39, 0.29) is 6.10 Å². The number of ether oxygens (including phenoxy) is 2. The van der Waals surface area contributed by atoms with Crippen molar-refractivity contribution in [2.24, 2.45) is 0 Å². The van der Waals surface area contributed by atoms with Crippen molar-refractivity contribution in [3.8, 4) is 5.75 Å². The molecule has 1 aromatic rings. The molecular formula is C14H14O5. The molecule has 0 aliphatic heterocycles. The Bertz CT molecular complexity index is 516. The standard InChI is InChI=1S/C14H14O5/c1-18-14(17)13(16)8-12(15)9-3-2-4-11(7-9)19-10-5-6-10/h2-4,7,10H,5-6,8H2,1H3. The molecule has 1 saturated carbocycles. The van der Waals surface area contributed by atoms with E-state index in [0.29, 0.717) is 11.3 Å². The van der Waals surface area contributed by atoms with E-state index in [1.54, 1.807) is 24.3 Å². The summed E-state index contributed by atoms with van der Waals surface area (Å²) in [6, 6.07) is 6.63. The van der Waals surface area contributed by atoms with Crippen molar-refractivity contribution in [3.63, 3.8) is 0 Å². The first kappa shape index (κ1) is 13.3. The van der Waals surface area contributed by atoms with Gasteiger partial charge >= 0.3 is 5.97 Å². The number of benzene rings is 1. The van der Waals surface area contributed by atoms with Crippen LogP contribution in [0.4, 0.5) is 0 Å². The van der Waals surface area contributed by atoms with E-state index in [9.17, 15) is 14.4 Å². The number of hydrogen-bond acceptors (Lipinski definition) is 5. The van der Waals surface area contributed by atoms with Crippen LogP contribution < -0.4 is 4.74 Å². The lowest BCUT2D eigenvalue weighted by atomic mass is 10.1. The van der Waals surface area contributed by atoms with E-state index < -0.39 is 24.0 Å². The maximum atomic E-state index is 11.8. The van der Waals surface area contributed by atoms with E-state index in [0.717, 1.165) is 20.0 Å². The van der Waals surface area contributed by atoms with Gasteiger partial charge in [-0.15, -0.1) is 0 Å². The lowest BCUT2D eigenvalue weighted by Gasteiger charge is -2.06. The summed E-state index contributed by atoms with van der Waals surface area (Å²) in [5, 5.41) is 0.